The summed E-state index contributed by atoms with van der Waals surface area (Å²) in [6.07, 6.45) is 1.96. The van der Waals surface area contributed by atoms with Gasteiger partial charge in [0, 0.05) is 38.8 Å². The van der Waals surface area contributed by atoms with Gasteiger partial charge in [-0.2, -0.15) is 0 Å². The molecule has 1 aliphatic heterocycles. The summed E-state index contributed by atoms with van der Waals surface area (Å²) in [4.78, 5) is 28.9. The van der Waals surface area contributed by atoms with Crippen LogP contribution in [-0.4, -0.2) is 50.1 Å². The number of aliphatic imine (C=N–C) groups is 1. The number of carbonyl (C=O) groups excluding carboxylic acids is 2. The Balaban J connectivity index is 0.00000364. The average molecular weight is 489 g/mol. The standard InChI is InChI=1S/C18H27N5O3.HI/c1-20-17(23-9-3-4-14(12-23)10-16(19)24)21-11-13-5-7-15(8-6-13)22-18(25)26-2;/h5-8,14H,3-4,9-12H2,1-2H3,(H2,19,24)(H,20,21)(H,22,25);1H. The highest BCUT2D eigenvalue weighted by atomic mass is 127. The second-order valence-corrected chi connectivity index (χ2v) is 6.34. The second-order valence-electron chi connectivity index (χ2n) is 6.34. The zero-order chi connectivity index (χ0) is 18.9. The van der Waals surface area contributed by atoms with E-state index in [1.807, 2.05) is 24.3 Å². The monoisotopic (exact) mass is 489 g/mol. The predicted molar refractivity (Wildman–Crippen MR) is 116 cm³/mol. The quantitative estimate of drug-likeness (QED) is 0.334. The molecule has 0 bridgehead atoms. The highest BCUT2D eigenvalue weighted by Gasteiger charge is 2.23. The van der Waals surface area contributed by atoms with Gasteiger partial charge in [-0.25, -0.2) is 4.79 Å². The normalized spacial score (nSPS) is 16.9. The fourth-order valence-electron chi connectivity index (χ4n) is 3.10. The lowest BCUT2D eigenvalue weighted by atomic mass is 9.95. The van der Waals surface area contributed by atoms with E-state index in [2.05, 4.69) is 25.3 Å². The Bertz CT molecular complexity index is 651. The highest BCUT2D eigenvalue weighted by molar-refractivity contribution is 14.0. The minimum Gasteiger partial charge on any atom is -0.453 e. The maximum atomic E-state index is 11.2. The largest absolute Gasteiger partial charge is 0.453 e. The van der Waals surface area contributed by atoms with Crippen LogP contribution in [0.2, 0.25) is 0 Å². The summed E-state index contributed by atoms with van der Waals surface area (Å²) in [5.74, 6) is 0.847. The van der Waals surface area contributed by atoms with Crippen LogP contribution in [0.5, 0.6) is 0 Å². The number of hydrogen-bond donors (Lipinski definition) is 3. The van der Waals surface area contributed by atoms with Gasteiger partial charge < -0.3 is 20.7 Å². The molecule has 0 spiro atoms. The SMILES string of the molecule is CN=C(NCc1ccc(NC(=O)OC)cc1)N1CCCC(CC(N)=O)C1.I. The van der Waals surface area contributed by atoms with Crippen LogP contribution in [0.3, 0.4) is 0 Å². The molecule has 8 nitrogen and oxygen atoms in total. The number of hydrogen-bond acceptors (Lipinski definition) is 4. The van der Waals surface area contributed by atoms with Crippen molar-refractivity contribution in [2.75, 3.05) is 32.6 Å². The van der Waals surface area contributed by atoms with Crippen LogP contribution in [0.1, 0.15) is 24.8 Å². The molecule has 0 saturated carbocycles. The van der Waals surface area contributed by atoms with Crippen molar-refractivity contribution in [3.05, 3.63) is 29.8 Å². The van der Waals surface area contributed by atoms with Crippen molar-refractivity contribution in [3.63, 3.8) is 0 Å². The summed E-state index contributed by atoms with van der Waals surface area (Å²) >= 11 is 0. The molecule has 1 fully saturated rings. The topological polar surface area (TPSA) is 109 Å². The van der Waals surface area contributed by atoms with Gasteiger partial charge in [0.15, 0.2) is 5.96 Å². The van der Waals surface area contributed by atoms with Crippen molar-refractivity contribution >= 4 is 47.6 Å². The van der Waals surface area contributed by atoms with Crippen molar-refractivity contribution in [2.45, 2.75) is 25.8 Å². The Hall–Kier alpha value is -2.04. The van der Waals surface area contributed by atoms with Gasteiger partial charge in [-0.1, -0.05) is 12.1 Å². The molecule has 1 atom stereocenters. The number of methoxy groups -OCH3 is 1. The lowest BCUT2D eigenvalue weighted by molar-refractivity contribution is -0.119. The van der Waals surface area contributed by atoms with Crippen molar-refractivity contribution in [1.29, 1.82) is 0 Å². The molecule has 1 saturated heterocycles. The first-order valence-corrected chi connectivity index (χ1v) is 8.69. The number of anilines is 1. The zero-order valence-corrected chi connectivity index (χ0v) is 18.1. The Morgan fingerprint density at radius 2 is 2.04 bits per heavy atom. The number of guanidine groups is 1. The molecule has 150 valence electrons. The van der Waals surface area contributed by atoms with Gasteiger partial charge >= 0.3 is 6.09 Å². The number of carbonyl (C=O) groups is 2. The summed E-state index contributed by atoms with van der Waals surface area (Å²) in [6.45, 7) is 2.31. The third kappa shape index (κ3) is 7.61. The number of benzene rings is 1. The molecule has 0 radical (unpaired) electrons. The number of amides is 2. The van der Waals surface area contributed by atoms with Gasteiger partial charge in [0.05, 0.1) is 7.11 Å². The van der Waals surface area contributed by atoms with Gasteiger partial charge in [-0.05, 0) is 36.5 Å². The van der Waals surface area contributed by atoms with Crippen LogP contribution in [0.15, 0.2) is 29.3 Å². The second kappa shape index (κ2) is 11.6. The van der Waals surface area contributed by atoms with E-state index in [9.17, 15) is 9.59 Å². The third-order valence-corrected chi connectivity index (χ3v) is 4.36. The fraction of sp³-hybridized carbons (Fsp3) is 0.500. The molecule has 0 aromatic heterocycles. The average Bonchev–Trinajstić information content (AvgIpc) is 2.63. The van der Waals surface area contributed by atoms with Crippen LogP contribution < -0.4 is 16.4 Å². The smallest absolute Gasteiger partial charge is 0.411 e. The van der Waals surface area contributed by atoms with E-state index in [-0.39, 0.29) is 35.8 Å². The van der Waals surface area contributed by atoms with Crippen molar-refractivity contribution in [3.8, 4) is 0 Å². The number of halogens is 1. The van der Waals surface area contributed by atoms with Crippen LogP contribution in [-0.2, 0) is 16.1 Å². The third-order valence-electron chi connectivity index (χ3n) is 4.36. The highest BCUT2D eigenvalue weighted by Crippen LogP contribution is 2.19. The van der Waals surface area contributed by atoms with Gasteiger partial charge in [-0.3, -0.25) is 15.1 Å². The first kappa shape index (κ1) is 23.0. The molecule has 1 unspecified atom stereocenters. The van der Waals surface area contributed by atoms with Crippen LogP contribution in [0, 0.1) is 5.92 Å². The lowest BCUT2D eigenvalue weighted by Crippen LogP contribution is -2.46. The van der Waals surface area contributed by atoms with E-state index in [0.717, 1.165) is 37.5 Å². The van der Waals surface area contributed by atoms with E-state index in [0.29, 0.717) is 18.7 Å². The summed E-state index contributed by atoms with van der Waals surface area (Å²) in [5, 5.41) is 5.96. The summed E-state index contributed by atoms with van der Waals surface area (Å²) in [6, 6.07) is 7.50. The molecule has 1 aliphatic rings. The number of rotatable bonds is 5. The molecular formula is C18H28IN5O3. The van der Waals surface area contributed by atoms with E-state index >= 15 is 0 Å². The fourth-order valence-corrected chi connectivity index (χ4v) is 3.10. The number of nitrogens with one attached hydrogen (secondary N) is 2. The molecule has 2 amide bonds. The predicted octanol–water partition coefficient (Wildman–Crippen LogP) is 2.15. The number of primary amides is 1. The number of ether oxygens (including phenoxy) is 1. The van der Waals surface area contributed by atoms with Crippen molar-refractivity contribution < 1.29 is 14.3 Å². The van der Waals surface area contributed by atoms with E-state index in [4.69, 9.17) is 5.73 Å². The maximum Gasteiger partial charge on any atom is 0.411 e. The van der Waals surface area contributed by atoms with Crippen LogP contribution in [0.4, 0.5) is 10.5 Å². The molecule has 4 N–H and O–H groups in total. The van der Waals surface area contributed by atoms with Gasteiger partial charge in [0.25, 0.3) is 0 Å². The number of likely N-dealkylation sites (tertiary alicyclic amines) is 1. The first-order valence-electron chi connectivity index (χ1n) is 8.69. The minimum atomic E-state index is -0.494. The molecule has 1 aromatic rings. The van der Waals surface area contributed by atoms with Gasteiger partial charge in [0.2, 0.25) is 5.91 Å². The molecule has 0 aliphatic carbocycles. The molecule has 2 rings (SSSR count). The Labute approximate surface area is 176 Å². The summed E-state index contributed by atoms with van der Waals surface area (Å²) in [7, 11) is 3.08. The van der Waals surface area contributed by atoms with E-state index in [1.165, 1.54) is 7.11 Å². The molecule has 1 aromatic carbocycles. The molecule has 1 heterocycles. The number of nitrogens with zero attached hydrogens (tertiary/aromatic N) is 2. The van der Waals surface area contributed by atoms with Crippen LogP contribution in [0.25, 0.3) is 0 Å². The lowest BCUT2D eigenvalue weighted by Gasteiger charge is -2.34. The summed E-state index contributed by atoms with van der Waals surface area (Å²) < 4.78 is 4.57. The van der Waals surface area contributed by atoms with Gasteiger partial charge in [-0.15, -0.1) is 24.0 Å². The Kier molecular flexibility index (Phi) is 9.90. The van der Waals surface area contributed by atoms with Crippen molar-refractivity contribution in [1.82, 2.24) is 10.2 Å². The Morgan fingerprint density at radius 1 is 1.33 bits per heavy atom. The van der Waals surface area contributed by atoms with Gasteiger partial charge in [0.1, 0.15) is 0 Å². The van der Waals surface area contributed by atoms with E-state index < -0.39 is 6.09 Å². The number of piperidine rings is 1. The molecule has 27 heavy (non-hydrogen) atoms. The number of nitrogens with two attached hydrogens (primary N) is 1. The molecule has 9 heteroatoms. The molecular weight excluding hydrogens is 461 g/mol. The zero-order valence-electron chi connectivity index (χ0n) is 15.7. The maximum absolute atomic E-state index is 11.2. The first-order chi connectivity index (χ1) is 12.5. The minimum absolute atomic E-state index is 0. The summed E-state index contributed by atoms with van der Waals surface area (Å²) in [5.41, 5.74) is 7.06. The van der Waals surface area contributed by atoms with Crippen LogP contribution >= 0.6 is 24.0 Å². The van der Waals surface area contributed by atoms with Crippen molar-refractivity contribution in [2.24, 2.45) is 16.6 Å². The van der Waals surface area contributed by atoms with E-state index in [1.54, 1.807) is 7.05 Å². The Morgan fingerprint density at radius 3 is 2.63 bits per heavy atom.